The molecule has 29 heavy (non-hydrogen) atoms. The van der Waals surface area contributed by atoms with Crippen LogP contribution in [-0.4, -0.2) is 61.0 Å². The van der Waals surface area contributed by atoms with Gasteiger partial charge in [-0.2, -0.15) is 4.31 Å². The number of hydrogen-bond donors (Lipinski definition) is 2. The van der Waals surface area contributed by atoms with E-state index in [0.29, 0.717) is 31.9 Å². The fourth-order valence-electron chi connectivity index (χ4n) is 2.60. The molecule has 0 aliphatic carbocycles. The van der Waals surface area contributed by atoms with Gasteiger partial charge in [0.25, 0.3) is 0 Å². The second kappa shape index (κ2) is 10.1. The number of benzene rings is 1. The van der Waals surface area contributed by atoms with Gasteiger partial charge in [0, 0.05) is 32.4 Å². The van der Waals surface area contributed by atoms with Gasteiger partial charge in [-0.05, 0) is 24.3 Å². The molecular formula is C17H24N6O5S. The number of nitrogens with zero attached hydrogens (tertiary/aromatic N) is 4. The maximum absolute atomic E-state index is 12.6. The van der Waals surface area contributed by atoms with E-state index in [4.69, 9.17) is 4.74 Å². The Balaban J connectivity index is 2.28. The molecule has 2 rings (SSSR count). The van der Waals surface area contributed by atoms with Crippen LogP contribution in [0.4, 0.5) is 23.0 Å². The van der Waals surface area contributed by atoms with Crippen LogP contribution < -0.4 is 10.6 Å². The Morgan fingerprint density at radius 1 is 1.14 bits per heavy atom. The van der Waals surface area contributed by atoms with Crippen molar-refractivity contribution in [3.8, 4) is 0 Å². The summed E-state index contributed by atoms with van der Waals surface area (Å²) in [6, 6.07) is 5.95. The summed E-state index contributed by atoms with van der Waals surface area (Å²) in [5.74, 6) is 0.0505. The summed E-state index contributed by atoms with van der Waals surface area (Å²) in [6.07, 6.45) is 1.20. The van der Waals surface area contributed by atoms with Crippen molar-refractivity contribution in [2.75, 3.05) is 44.0 Å². The average molecular weight is 424 g/mol. The number of rotatable bonds is 11. The SMILES string of the molecule is CCN(CC)S(=O)(=O)c1ccc(Nc2ncnc(NCCOC)c2[N+](=O)[O-])cc1. The Kier molecular flexibility index (Phi) is 7.82. The summed E-state index contributed by atoms with van der Waals surface area (Å²) in [5.41, 5.74) is 0.136. The minimum Gasteiger partial charge on any atom is -0.383 e. The standard InChI is InChI=1S/C17H24N6O5S/c1-4-22(5-2)29(26,27)14-8-6-13(7-9-14)21-17-15(23(24)25)16(19-12-20-17)18-10-11-28-3/h6-9,12H,4-5,10-11H2,1-3H3,(H2,18,19,20,21). The van der Waals surface area contributed by atoms with Gasteiger partial charge < -0.3 is 15.4 Å². The topological polar surface area (TPSA) is 140 Å². The third-order valence-electron chi connectivity index (χ3n) is 4.06. The molecule has 12 heteroatoms. The molecular weight excluding hydrogens is 400 g/mol. The molecule has 1 aromatic heterocycles. The second-order valence-electron chi connectivity index (χ2n) is 5.83. The molecule has 1 aromatic carbocycles. The van der Waals surface area contributed by atoms with E-state index in [2.05, 4.69) is 20.6 Å². The lowest BCUT2D eigenvalue weighted by Crippen LogP contribution is -2.30. The van der Waals surface area contributed by atoms with Crippen LogP contribution in [0.5, 0.6) is 0 Å². The first kappa shape index (κ1) is 22.5. The van der Waals surface area contributed by atoms with E-state index in [-0.39, 0.29) is 22.2 Å². The smallest absolute Gasteiger partial charge is 0.353 e. The maximum atomic E-state index is 12.6. The highest BCUT2D eigenvalue weighted by Crippen LogP contribution is 2.31. The molecule has 0 aliphatic heterocycles. The highest BCUT2D eigenvalue weighted by atomic mass is 32.2. The van der Waals surface area contributed by atoms with Crippen LogP contribution >= 0.6 is 0 Å². The minimum absolute atomic E-state index is 0.00994. The van der Waals surface area contributed by atoms with Crippen molar-refractivity contribution in [1.82, 2.24) is 14.3 Å². The lowest BCUT2D eigenvalue weighted by Gasteiger charge is -2.18. The summed E-state index contributed by atoms with van der Waals surface area (Å²) >= 11 is 0. The molecule has 0 radical (unpaired) electrons. The van der Waals surface area contributed by atoms with Gasteiger partial charge in [0.05, 0.1) is 16.4 Å². The van der Waals surface area contributed by atoms with Crippen molar-refractivity contribution in [2.24, 2.45) is 0 Å². The first-order valence-corrected chi connectivity index (χ1v) is 10.4. The Morgan fingerprint density at radius 2 is 1.76 bits per heavy atom. The van der Waals surface area contributed by atoms with E-state index in [1.807, 2.05) is 0 Å². The zero-order valence-electron chi connectivity index (χ0n) is 16.5. The Hall–Kier alpha value is -2.83. The van der Waals surface area contributed by atoms with Gasteiger partial charge in [0.1, 0.15) is 6.33 Å². The quantitative estimate of drug-likeness (QED) is 0.315. The highest BCUT2D eigenvalue weighted by molar-refractivity contribution is 7.89. The molecule has 0 unspecified atom stereocenters. The fourth-order valence-corrected chi connectivity index (χ4v) is 4.06. The van der Waals surface area contributed by atoms with Gasteiger partial charge in [0.2, 0.25) is 21.7 Å². The van der Waals surface area contributed by atoms with Crippen molar-refractivity contribution < 1.29 is 18.1 Å². The van der Waals surface area contributed by atoms with E-state index >= 15 is 0 Å². The molecule has 1 heterocycles. The molecule has 0 saturated heterocycles. The zero-order valence-corrected chi connectivity index (χ0v) is 17.3. The molecule has 0 spiro atoms. The zero-order chi connectivity index (χ0) is 21.4. The number of hydrogen-bond acceptors (Lipinski definition) is 9. The van der Waals surface area contributed by atoms with Crippen LogP contribution in [0.15, 0.2) is 35.5 Å². The van der Waals surface area contributed by atoms with Crippen molar-refractivity contribution in [1.29, 1.82) is 0 Å². The lowest BCUT2D eigenvalue weighted by atomic mass is 10.3. The molecule has 0 amide bonds. The van der Waals surface area contributed by atoms with E-state index < -0.39 is 14.9 Å². The first-order chi connectivity index (χ1) is 13.8. The van der Waals surface area contributed by atoms with Crippen LogP contribution in [0.2, 0.25) is 0 Å². The first-order valence-electron chi connectivity index (χ1n) is 8.94. The predicted octanol–water partition coefficient (Wildman–Crippen LogP) is 2.22. The van der Waals surface area contributed by atoms with Crippen LogP contribution in [0.1, 0.15) is 13.8 Å². The van der Waals surface area contributed by atoms with Gasteiger partial charge in [0.15, 0.2) is 0 Å². The van der Waals surface area contributed by atoms with Gasteiger partial charge in [-0.1, -0.05) is 13.8 Å². The normalized spacial score (nSPS) is 11.4. The number of ether oxygens (including phenoxy) is 1. The van der Waals surface area contributed by atoms with Gasteiger partial charge in [-0.25, -0.2) is 18.4 Å². The molecule has 0 fully saturated rings. The predicted molar refractivity (Wildman–Crippen MR) is 109 cm³/mol. The van der Waals surface area contributed by atoms with Crippen LogP contribution in [-0.2, 0) is 14.8 Å². The number of aromatic nitrogens is 2. The third kappa shape index (κ3) is 5.37. The number of sulfonamides is 1. The average Bonchev–Trinajstić information content (AvgIpc) is 2.69. The summed E-state index contributed by atoms with van der Waals surface area (Å²) in [7, 11) is -2.06. The molecule has 2 aromatic rings. The van der Waals surface area contributed by atoms with E-state index in [9.17, 15) is 18.5 Å². The minimum atomic E-state index is -3.58. The van der Waals surface area contributed by atoms with Gasteiger partial charge >= 0.3 is 5.69 Å². The third-order valence-corrected chi connectivity index (χ3v) is 6.13. The maximum Gasteiger partial charge on any atom is 0.353 e. The molecule has 0 saturated carbocycles. The molecule has 11 nitrogen and oxygen atoms in total. The summed E-state index contributed by atoms with van der Waals surface area (Å²) in [6.45, 7) is 4.96. The molecule has 2 N–H and O–H groups in total. The van der Waals surface area contributed by atoms with E-state index in [1.165, 1.54) is 42.0 Å². The molecule has 0 atom stereocenters. The number of nitrogens with one attached hydrogen (secondary N) is 2. The lowest BCUT2D eigenvalue weighted by molar-refractivity contribution is -0.383. The van der Waals surface area contributed by atoms with Crippen LogP contribution in [0.25, 0.3) is 0 Å². The molecule has 0 aliphatic rings. The Labute approximate surface area is 169 Å². The van der Waals surface area contributed by atoms with Crippen molar-refractivity contribution in [2.45, 2.75) is 18.7 Å². The van der Waals surface area contributed by atoms with Gasteiger partial charge in [-0.15, -0.1) is 0 Å². The number of anilines is 3. The Morgan fingerprint density at radius 3 is 2.31 bits per heavy atom. The van der Waals surface area contributed by atoms with E-state index in [1.54, 1.807) is 13.8 Å². The summed E-state index contributed by atoms with van der Waals surface area (Å²) < 4.78 is 31.4. The Bertz CT molecular complexity index is 932. The van der Waals surface area contributed by atoms with Crippen molar-refractivity contribution >= 4 is 33.0 Å². The number of methoxy groups -OCH3 is 1. The van der Waals surface area contributed by atoms with Gasteiger partial charge in [-0.3, -0.25) is 10.1 Å². The summed E-state index contributed by atoms with van der Waals surface area (Å²) in [4.78, 5) is 18.9. The van der Waals surface area contributed by atoms with Crippen LogP contribution in [0, 0.1) is 10.1 Å². The number of nitro groups is 1. The monoisotopic (exact) mass is 424 g/mol. The highest BCUT2D eigenvalue weighted by Gasteiger charge is 2.24. The van der Waals surface area contributed by atoms with Crippen molar-refractivity contribution in [3.63, 3.8) is 0 Å². The van der Waals surface area contributed by atoms with Crippen LogP contribution in [0.3, 0.4) is 0 Å². The molecule has 0 bridgehead atoms. The molecule has 158 valence electrons. The second-order valence-corrected chi connectivity index (χ2v) is 7.77. The van der Waals surface area contributed by atoms with Crippen molar-refractivity contribution in [3.05, 3.63) is 40.7 Å². The van der Waals surface area contributed by atoms with E-state index in [0.717, 1.165) is 0 Å². The largest absolute Gasteiger partial charge is 0.383 e. The summed E-state index contributed by atoms with van der Waals surface area (Å²) in [5, 5.41) is 17.2. The fraction of sp³-hybridized carbons (Fsp3) is 0.412.